The molecule has 1 fully saturated rings. The predicted octanol–water partition coefficient (Wildman–Crippen LogP) is -0.143. The maximum absolute atomic E-state index is 11.4. The summed E-state index contributed by atoms with van der Waals surface area (Å²) in [7, 11) is -1.64. The minimum absolute atomic E-state index is 0.0245. The number of rotatable bonds is 7. The van der Waals surface area contributed by atoms with Crippen LogP contribution in [0.2, 0.25) is 0 Å². The van der Waals surface area contributed by atoms with Crippen LogP contribution in [-0.2, 0) is 14.8 Å². The Balaban J connectivity index is 2.35. The molecule has 0 saturated heterocycles. The second kappa shape index (κ2) is 5.25. The third-order valence-corrected chi connectivity index (χ3v) is 4.29. The molecule has 1 saturated carbocycles. The first kappa shape index (κ1) is 12.9. The highest BCUT2D eigenvalue weighted by Gasteiger charge is 2.37. The first-order chi connectivity index (χ1) is 7.04. The zero-order chi connectivity index (χ0) is 11.4. The van der Waals surface area contributed by atoms with Crippen molar-refractivity contribution in [3.05, 3.63) is 0 Å². The largest absolute Gasteiger partial charge is 0.396 e. The number of nitrogens with one attached hydrogen (secondary N) is 1. The van der Waals surface area contributed by atoms with E-state index in [4.69, 9.17) is 9.84 Å². The standard InChI is InChI=1S/C9H19NO4S/c1-14-9(4-2-5-9)8-10-15(12,13)7-3-6-11/h10-11H,2-8H2,1H3. The van der Waals surface area contributed by atoms with Gasteiger partial charge in [0.2, 0.25) is 10.0 Å². The van der Waals surface area contributed by atoms with Gasteiger partial charge < -0.3 is 9.84 Å². The summed E-state index contributed by atoms with van der Waals surface area (Å²) in [5.74, 6) is -0.0245. The van der Waals surface area contributed by atoms with E-state index in [0.29, 0.717) is 6.54 Å². The number of aliphatic hydroxyl groups is 1. The van der Waals surface area contributed by atoms with Gasteiger partial charge in [0.1, 0.15) is 0 Å². The van der Waals surface area contributed by atoms with Gasteiger partial charge in [0, 0.05) is 20.3 Å². The van der Waals surface area contributed by atoms with E-state index in [9.17, 15) is 8.42 Å². The van der Waals surface area contributed by atoms with Crippen molar-refractivity contribution in [3.8, 4) is 0 Å². The van der Waals surface area contributed by atoms with Gasteiger partial charge in [-0.25, -0.2) is 13.1 Å². The van der Waals surface area contributed by atoms with Crippen LogP contribution in [0.5, 0.6) is 0 Å². The van der Waals surface area contributed by atoms with Crippen LogP contribution in [0.25, 0.3) is 0 Å². The molecule has 0 aromatic heterocycles. The topological polar surface area (TPSA) is 75.6 Å². The van der Waals surface area contributed by atoms with Crippen molar-refractivity contribution in [2.45, 2.75) is 31.3 Å². The quantitative estimate of drug-likeness (QED) is 0.646. The molecular weight excluding hydrogens is 218 g/mol. The normalized spacial score (nSPS) is 19.9. The van der Waals surface area contributed by atoms with Crippen molar-refractivity contribution < 1.29 is 18.3 Å². The second-order valence-corrected chi connectivity index (χ2v) is 5.88. The van der Waals surface area contributed by atoms with E-state index < -0.39 is 10.0 Å². The Morgan fingerprint density at radius 3 is 2.53 bits per heavy atom. The lowest BCUT2D eigenvalue weighted by Crippen LogP contribution is -2.49. The zero-order valence-corrected chi connectivity index (χ0v) is 9.85. The van der Waals surface area contributed by atoms with E-state index in [1.807, 2.05) is 0 Å². The molecule has 0 unspecified atom stereocenters. The fourth-order valence-corrected chi connectivity index (χ4v) is 2.73. The van der Waals surface area contributed by atoms with Crippen molar-refractivity contribution in [1.29, 1.82) is 0 Å². The molecule has 2 N–H and O–H groups in total. The number of hydrogen-bond acceptors (Lipinski definition) is 4. The summed E-state index contributed by atoms with van der Waals surface area (Å²) in [6.07, 6.45) is 3.18. The van der Waals surface area contributed by atoms with Crippen molar-refractivity contribution >= 4 is 10.0 Å². The van der Waals surface area contributed by atoms with E-state index in [2.05, 4.69) is 4.72 Å². The summed E-state index contributed by atoms with van der Waals surface area (Å²) in [5, 5.41) is 8.54. The lowest BCUT2D eigenvalue weighted by atomic mass is 9.80. The number of sulfonamides is 1. The Hall–Kier alpha value is -0.170. The molecule has 15 heavy (non-hydrogen) atoms. The first-order valence-electron chi connectivity index (χ1n) is 5.17. The minimum Gasteiger partial charge on any atom is -0.396 e. The average molecular weight is 237 g/mol. The summed E-state index contributed by atoms with van der Waals surface area (Å²) >= 11 is 0. The molecule has 0 radical (unpaired) electrons. The molecule has 0 aliphatic heterocycles. The summed E-state index contributed by atoms with van der Waals surface area (Å²) in [4.78, 5) is 0. The van der Waals surface area contributed by atoms with Crippen molar-refractivity contribution in [2.75, 3.05) is 26.0 Å². The van der Waals surface area contributed by atoms with E-state index in [0.717, 1.165) is 19.3 Å². The van der Waals surface area contributed by atoms with Crippen molar-refractivity contribution in [1.82, 2.24) is 4.72 Å². The lowest BCUT2D eigenvalue weighted by molar-refractivity contribution is -0.0659. The van der Waals surface area contributed by atoms with E-state index in [1.54, 1.807) is 7.11 Å². The zero-order valence-electron chi connectivity index (χ0n) is 9.03. The van der Waals surface area contributed by atoms with E-state index in [1.165, 1.54) is 0 Å². The van der Waals surface area contributed by atoms with Crippen LogP contribution < -0.4 is 4.72 Å². The lowest BCUT2D eigenvalue weighted by Gasteiger charge is -2.40. The minimum atomic E-state index is -3.25. The van der Waals surface area contributed by atoms with Crippen LogP contribution in [-0.4, -0.2) is 45.1 Å². The third kappa shape index (κ3) is 3.71. The number of hydrogen-bond donors (Lipinski definition) is 2. The van der Waals surface area contributed by atoms with Gasteiger partial charge >= 0.3 is 0 Å². The molecule has 0 atom stereocenters. The monoisotopic (exact) mass is 237 g/mol. The molecule has 0 aromatic carbocycles. The van der Waals surface area contributed by atoms with Gasteiger partial charge in [0.15, 0.2) is 0 Å². The Bertz CT molecular complexity index is 279. The number of methoxy groups -OCH3 is 1. The van der Waals surface area contributed by atoms with Gasteiger partial charge in [-0.15, -0.1) is 0 Å². The highest BCUT2D eigenvalue weighted by molar-refractivity contribution is 7.89. The summed E-state index contributed by atoms with van der Waals surface area (Å²) in [6, 6.07) is 0. The number of aliphatic hydroxyl groups excluding tert-OH is 1. The summed E-state index contributed by atoms with van der Waals surface area (Å²) in [5.41, 5.74) is -0.285. The van der Waals surface area contributed by atoms with Gasteiger partial charge in [0.05, 0.1) is 11.4 Å². The molecule has 1 rings (SSSR count). The molecule has 1 aliphatic rings. The SMILES string of the molecule is COC1(CNS(=O)(=O)CCCO)CCC1. The smallest absolute Gasteiger partial charge is 0.211 e. The maximum atomic E-state index is 11.4. The summed E-state index contributed by atoms with van der Waals surface area (Å²) < 4.78 is 30.6. The van der Waals surface area contributed by atoms with Crippen LogP contribution in [0.4, 0.5) is 0 Å². The van der Waals surface area contributed by atoms with E-state index >= 15 is 0 Å². The first-order valence-corrected chi connectivity index (χ1v) is 6.82. The van der Waals surface area contributed by atoms with E-state index in [-0.39, 0.29) is 24.4 Å². The van der Waals surface area contributed by atoms with Gasteiger partial charge in [0.25, 0.3) is 0 Å². The molecular formula is C9H19NO4S. The third-order valence-electron chi connectivity index (χ3n) is 2.88. The molecule has 0 spiro atoms. The Kier molecular flexibility index (Phi) is 4.51. The Morgan fingerprint density at radius 2 is 2.13 bits per heavy atom. The van der Waals surface area contributed by atoms with Crippen LogP contribution in [0.15, 0.2) is 0 Å². The molecule has 1 aliphatic carbocycles. The van der Waals surface area contributed by atoms with Gasteiger partial charge in [-0.05, 0) is 25.7 Å². The van der Waals surface area contributed by atoms with Crippen LogP contribution >= 0.6 is 0 Å². The maximum Gasteiger partial charge on any atom is 0.211 e. The highest BCUT2D eigenvalue weighted by Crippen LogP contribution is 2.34. The highest BCUT2D eigenvalue weighted by atomic mass is 32.2. The molecule has 5 nitrogen and oxygen atoms in total. The molecule has 0 heterocycles. The fraction of sp³-hybridized carbons (Fsp3) is 1.00. The molecule has 6 heteroatoms. The Labute approximate surface area is 90.9 Å². The average Bonchev–Trinajstić information content (AvgIpc) is 2.14. The molecule has 0 aromatic rings. The van der Waals surface area contributed by atoms with Crippen LogP contribution in [0.1, 0.15) is 25.7 Å². The van der Waals surface area contributed by atoms with Gasteiger partial charge in [-0.3, -0.25) is 0 Å². The summed E-state index contributed by atoms with van der Waals surface area (Å²) in [6.45, 7) is 0.244. The van der Waals surface area contributed by atoms with Crippen LogP contribution in [0.3, 0.4) is 0 Å². The van der Waals surface area contributed by atoms with Crippen LogP contribution in [0, 0.1) is 0 Å². The molecule has 90 valence electrons. The molecule has 0 bridgehead atoms. The molecule has 0 amide bonds. The van der Waals surface area contributed by atoms with Gasteiger partial charge in [-0.2, -0.15) is 0 Å². The second-order valence-electron chi connectivity index (χ2n) is 3.96. The Morgan fingerprint density at radius 1 is 1.47 bits per heavy atom. The van der Waals surface area contributed by atoms with Gasteiger partial charge in [-0.1, -0.05) is 0 Å². The predicted molar refractivity (Wildman–Crippen MR) is 57.1 cm³/mol. The van der Waals surface area contributed by atoms with Crippen molar-refractivity contribution in [2.24, 2.45) is 0 Å². The van der Waals surface area contributed by atoms with Crippen molar-refractivity contribution in [3.63, 3.8) is 0 Å². The number of ether oxygens (including phenoxy) is 1. The fourth-order valence-electron chi connectivity index (χ4n) is 1.59.